The Kier molecular flexibility index (Phi) is 4.25. The summed E-state index contributed by atoms with van der Waals surface area (Å²) in [6.45, 7) is 3.60. The van der Waals surface area contributed by atoms with Crippen molar-refractivity contribution >= 4 is 22.7 Å². The maximum Gasteiger partial charge on any atom is 0.352 e. The number of aryl methyl sites for hydroxylation is 1. The number of hydrogen-bond donors (Lipinski definition) is 0. The summed E-state index contributed by atoms with van der Waals surface area (Å²) < 4.78 is 5.00. The van der Waals surface area contributed by atoms with Crippen molar-refractivity contribution in [3.05, 3.63) is 34.7 Å². The van der Waals surface area contributed by atoms with Crippen molar-refractivity contribution in [2.75, 3.05) is 6.54 Å². The Morgan fingerprint density at radius 1 is 1.11 bits per heavy atom. The van der Waals surface area contributed by atoms with Gasteiger partial charge in [0.25, 0.3) is 0 Å². The number of para-hydroxylation sites is 2. The molecule has 0 spiro atoms. The lowest BCUT2D eigenvalue weighted by molar-refractivity contribution is -0.138. The average molecular weight is 381 g/mol. The lowest BCUT2D eigenvalue weighted by atomic mass is 9.78. The van der Waals surface area contributed by atoms with E-state index in [9.17, 15) is 9.59 Å². The molecule has 3 aromatic rings. The number of aromatic nitrogens is 4. The summed E-state index contributed by atoms with van der Waals surface area (Å²) in [4.78, 5) is 28.2. The van der Waals surface area contributed by atoms with Gasteiger partial charge in [0.15, 0.2) is 0 Å². The van der Waals surface area contributed by atoms with Gasteiger partial charge in [-0.1, -0.05) is 25.0 Å². The van der Waals surface area contributed by atoms with Crippen LogP contribution in [0.4, 0.5) is 0 Å². The molecular formula is C21H27N5O2. The van der Waals surface area contributed by atoms with Gasteiger partial charge in [0.1, 0.15) is 6.54 Å². The normalized spacial score (nSPS) is 22.7. The van der Waals surface area contributed by atoms with Crippen LogP contribution < -0.4 is 5.69 Å². The van der Waals surface area contributed by atoms with E-state index in [0.29, 0.717) is 17.7 Å². The van der Waals surface area contributed by atoms with Crippen molar-refractivity contribution in [3.8, 4) is 0 Å². The summed E-state index contributed by atoms with van der Waals surface area (Å²) in [5.74, 6) is 1.28. The van der Waals surface area contributed by atoms with E-state index in [1.807, 2.05) is 40.7 Å². The lowest BCUT2D eigenvalue weighted by Crippen LogP contribution is -2.51. The predicted molar refractivity (Wildman–Crippen MR) is 107 cm³/mol. The number of hydrogen-bond acceptors (Lipinski definition) is 3. The minimum absolute atomic E-state index is 0.0295. The SMILES string of the molecule is CCn1c2ccccc2n2c(=O)n(CC(=O)N3CCC[C@H]4CCCC[C@H]43)nc12. The second kappa shape index (κ2) is 6.79. The molecule has 1 amide bonds. The van der Waals surface area contributed by atoms with Crippen LogP contribution in [0.2, 0.25) is 0 Å². The molecule has 3 heterocycles. The number of benzene rings is 1. The molecule has 2 atom stereocenters. The van der Waals surface area contributed by atoms with Gasteiger partial charge in [0, 0.05) is 19.1 Å². The van der Waals surface area contributed by atoms with Crippen LogP contribution in [0.5, 0.6) is 0 Å². The quantitative estimate of drug-likeness (QED) is 0.701. The zero-order chi connectivity index (χ0) is 19.3. The Bertz CT molecular complexity index is 1090. The van der Waals surface area contributed by atoms with Crippen LogP contribution in [-0.4, -0.2) is 42.1 Å². The maximum atomic E-state index is 13.1. The van der Waals surface area contributed by atoms with Crippen molar-refractivity contribution in [1.29, 1.82) is 0 Å². The smallest absolute Gasteiger partial charge is 0.338 e. The number of amides is 1. The summed E-state index contributed by atoms with van der Waals surface area (Å²) in [5, 5.41) is 4.54. The highest BCUT2D eigenvalue weighted by Crippen LogP contribution is 2.35. The third-order valence-corrected chi connectivity index (χ3v) is 6.64. The summed E-state index contributed by atoms with van der Waals surface area (Å²) in [6.07, 6.45) is 7.11. The molecule has 5 rings (SSSR count). The van der Waals surface area contributed by atoms with E-state index in [1.165, 1.54) is 30.4 Å². The fraction of sp³-hybridized carbons (Fsp3) is 0.571. The van der Waals surface area contributed by atoms with Gasteiger partial charge in [-0.3, -0.25) is 4.79 Å². The van der Waals surface area contributed by atoms with E-state index in [1.54, 1.807) is 4.40 Å². The van der Waals surface area contributed by atoms with Gasteiger partial charge in [-0.15, -0.1) is 5.10 Å². The molecule has 0 N–H and O–H groups in total. The third kappa shape index (κ3) is 2.59. The van der Waals surface area contributed by atoms with Crippen molar-refractivity contribution in [2.45, 2.75) is 64.6 Å². The molecule has 1 saturated heterocycles. The molecule has 1 aromatic carbocycles. The highest BCUT2D eigenvalue weighted by atomic mass is 16.2. The van der Waals surface area contributed by atoms with Crippen LogP contribution in [-0.2, 0) is 17.9 Å². The van der Waals surface area contributed by atoms with Gasteiger partial charge < -0.3 is 9.47 Å². The van der Waals surface area contributed by atoms with E-state index in [4.69, 9.17) is 0 Å². The fourth-order valence-corrected chi connectivity index (χ4v) is 5.34. The Hall–Kier alpha value is -2.57. The molecule has 1 aliphatic carbocycles. The van der Waals surface area contributed by atoms with Crippen LogP contribution in [0, 0.1) is 5.92 Å². The molecule has 2 fully saturated rings. The summed E-state index contributed by atoms with van der Waals surface area (Å²) >= 11 is 0. The number of carbonyl (C=O) groups is 1. The Morgan fingerprint density at radius 3 is 2.68 bits per heavy atom. The van der Waals surface area contributed by atoms with Crippen molar-refractivity contribution in [2.24, 2.45) is 5.92 Å². The van der Waals surface area contributed by atoms with Crippen molar-refractivity contribution in [3.63, 3.8) is 0 Å². The first-order valence-electron chi connectivity index (χ1n) is 10.6. The van der Waals surface area contributed by atoms with Gasteiger partial charge in [0.2, 0.25) is 11.7 Å². The lowest BCUT2D eigenvalue weighted by Gasteiger charge is -2.44. The second-order valence-electron chi connectivity index (χ2n) is 8.15. The van der Waals surface area contributed by atoms with E-state index in [2.05, 4.69) is 5.10 Å². The zero-order valence-corrected chi connectivity index (χ0v) is 16.4. The van der Waals surface area contributed by atoms with Crippen molar-refractivity contribution in [1.82, 2.24) is 23.6 Å². The molecule has 1 aliphatic heterocycles. The molecule has 0 unspecified atom stereocenters. The van der Waals surface area contributed by atoms with Crippen LogP contribution in [0.3, 0.4) is 0 Å². The monoisotopic (exact) mass is 381 g/mol. The minimum atomic E-state index is -0.232. The first-order chi connectivity index (χ1) is 13.7. The number of carbonyl (C=O) groups excluding carboxylic acids is 1. The van der Waals surface area contributed by atoms with Gasteiger partial charge >= 0.3 is 5.69 Å². The molecule has 0 radical (unpaired) electrons. The molecule has 1 saturated carbocycles. The fourth-order valence-electron chi connectivity index (χ4n) is 5.34. The summed E-state index contributed by atoms with van der Waals surface area (Å²) in [7, 11) is 0. The standard InChI is InChI=1S/C21H27N5O2/c1-2-23-17-11-5-6-12-18(17)26-20(23)22-25(21(26)28)14-19(27)24-13-7-9-15-8-3-4-10-16(15)24/h5-6,11-12,15-16H,2-4,7-10,13-14H2,1H3/t15-,16-/m1/s1. The van der Waals surface area contributed by atoms with Crippen LogP contribution in [0.1, 0.15) is 45.4 Å². The largest absolute Gasteiger partial charge is 0.352 e. The van der Waals surface area contributed by atoms with Crippen LogP contribution in [0.25, 0.3) is 16.8 Å². The number of piperidine rings is 1. The van der Waals surface area contributed by atoms with Gasteiger partial charge in [-0.2, -0.15) is 0 Å². The Morgan fingerprint density at radius 2 is 1.86 bits per heavy atom. The number of likely N-dealkylation sites (tertiary alicyclic amines) is 1. The van der Waals surface area contributed by atoms with E-state index >= 15 is 0 Å². The average Bonchev–Trinajstić information content (AvgIpc) is 3.21. The first kappa shape index (κ1) is 17.5. The van der Waals surface area contributed by atoms with Crippen molar-refractivity contribution < 1.29 is 4.79 Å². The first-order valence-corrected chi connectivity index (χ1v) is 10.6. The predicted octanol–water partition coefficient (Wildman–Crippen LogP) is 2.65. The highest BCUT2D eigenvalue weighted by Gasteiger charge is 2.36. The Labute approximate surface area is 163 Å². The number of rotatable bonds is 3. The molecule has 0 bridgehead atoms. The van der Waals surface area contributed by atoms with E-state index in [0.717, 1.165) is 37.0 Å². The number of fused-ring (bicyclic) bond motifs is 4. The topological polar surface area (TPSA) is 64.5 Å². The van der Waals surface area contributed by atoms with Crippen LogP contribution in [0.15, 0.2) is 29.1 Å². The minimum Gasteiger partial charge on any atom is -0.338 e. The second-order valence-corrected chi connectivity index (χ2v) is 8.15. The molecule has 148 valence electrons. The number of imidazole rings is 1. The molecule has 2 aliphatic rings. The highest BCUT2D eigenvalue weighted by molar-refractivity contribution is 5.81. The molecule has 7 nitrogen and oxygen atoms in total. The zero-order valence-electron chi connectivity index (χ0n) is 16.4. The van der Waals surface area contributed by atoms with Gasteiger partial charge in [-0.05, 0) is 50.7 Å². The summed E-state index contributed by atoms with van der Waals surface area (Å²) in [5.41, 5.74) is 1.60. The third-order valence-electron chi connectivity index (χ3n) is 6.64. The molecule has 7 heteroatoms. The summed E-state index contributed by atoms with van der Waals surface area (Å²) in [6, 6.07) is 8.18. The van der Waals surface area contributed by atoms with Gasteiger partial charge in [-0.25, -0.2) is 13.9 Å². The Balaban J connectivity index is 1.49. The van der Waals surface area contributed by atoms with Gasteiger partial charge in [0.05, 0.1) is 11.0 Å². The van der Waals surface area contributed by atoms with Crippen LogP contribution >= 0.6 is 0 Å². The number of nitrogens with zero attached hydrogens (tertiary/aromatic N) is 5. The maximum absolute atomic E-state index is 13.1. The molecule has 2 aromatic heterocycles. The van der Waals surface area contributed by atoms with E-state index in [-0.39, 0.29) is 18.1 Å². The molecular weight excluding hydrogens is 354 g/mol. The van der Waals surface area contributed by atoms with E-state index < -0.39 is 0 Å². The molecule has 28 heavy (non-hydrogen) atoms.